The number of benzene rings is 1. The molecule has 0 radical (unpaired) electrons. The van der Waals surface area contributed by atoms with Crippen molar-refractivity contribution in [2.45, 2.75) is 65.3 Å². The van der Waals surface area contributed by atoms with Crippen LogP contribution in [0.25, 0.3) is 10.6 Å². The van der Waals surface area contributed by atoms with Gasteiger partial charge < -0.3 is 5.32 Å². The Morgan fingerprint density at radius 3 is 2.66 bits per heavy atom. The Bertz CT molecular complexity index is 811. The number of hydrogen-bond donors (Lipinski definition) is 2. The van der Waals surface area contributed by atoms with Crippen molar-refractivity contribution in [3.05, 3.63) is 28.7 Å². The molecule has 0 unspecified atom stereocenters. The van der Waals surface area contributed by atoms with E-state index in [-0.39, 0.29) is 17.7 Å². The number of nitrogens with one attached hydrogen (secondary N) is 2. The van der Waals surface area contributed by atoms with Crippen molar-refractivity contribution in [3.8, 4) is 10.6 Å². The second kappa shape index (κ2) is 12.0. The van der Waals surface area contributed by atoms with E-state index in [0.717, 1.165) is 47.1 Å². The first-order valence-electron chi connectivity index (χ1n) is 10.1. The minimum absolute atomic E-state index is 0.0204. The Kier molecular flexibility index (Phi) is 9.73. The molecule has 29 heavy (non-hydrogen) atoms. The van der Waals surface area contributed by atoms with Crippen LogP contribution in [-0.2, 0) is 9.59 Å². The highest BCUT2D eigenvalue weighted by molar-refractivity contribution is 9.10. The van der Waals surface area contributed by atoms with Gasteiger partial charge in [0.1, 0.15) is 11.0 Å². The molecule has 0 fully saturated rings. The summed E-state index contributed by atoms with van der Waals surface area (Å²) in [5.74, 6) is -0.307. The lowest BCUT2D eigenvalue weighted by Crippen LogP contribution is -2.47. The van der Waals surface area contributed by atoms with E-state index in [9.17, 15) is 9.59 Å². The molecule has 0 bridgehead atoms. The molecule has 0 aliphatic heterocycles. The van der Waals surface area contributed by atoms with Crippen molar-refractivity contribution in [2.24, 2.45) is 5.92 Å². The third-order valence-electron chi connectivity index (χ3n) is 4.80. The van der Waals surface area contributed by atoms with Crippen LogP contribution in [-0.4, -0.2) is 28.1 Å². The average molecular weight is 481 g/mol. The average Bonchev–Trinajstić information content (AvgIpc) is 3.17. The quantitative estimate of drug-likeness (QED) is 0.421. The molecule has 2 rings (SSSR count). The van der Waals surface area contributed by atoms with Gasteiger partial charge in [-0.1, -0.05) is 85.9 Å². The summed E-state index contributed by atoms with van der Waals surface area (Å²) >= 11 is 4.76. The van der Waals surface area contributed by atoms with Gasteiger partial charge in [0.05, 0.1) is 0 Å². The Balaban J connectivity index is 2.00. The normalized spacial score (nSPS) is 13.0. The van der Waals surface area contributed by atoms with Crippen molar-refractivity contribution in [2.75, 3.05) is 5.32 Å². The van der Waals surface area contributed by atoms with E-state index in [1.165, 1.54) is 11.3 Å². The number of aromatic nitrogens is 2. The predicted octanol–water partition coefficient (Wildman–Crippen LogP) is 5.41. The van der Waals surface area contributed by atoms with Crippen LogP contribution < -0.4 is 10.6 Å². The molecule has 0 aliphatic rings. The van der Waals surface area contributed by atoms with Gasteiger partial charge in [-0.15, -0.1) is 10.2 Å². The number of nitrogens with zero attached hydrogens (tertiary/aromatic N) is 2. The van der Waals surface area contributed by atoms with Gasteiger partial charge in [0.15, 0.2) is 0 Å². The van der Waals surface area contributed by atoms with Crippen LogP contribution in [0.1, 0.15) is 59.3 Å². The van der Waals surface area contributed by atoms with E-state index in [0.29, 0.717) is 11.6 Å². The Morgan fingerprint density at radius 2 is 1.97 bits per heavy atom. The fourth-order valence-corrected chi connectivity index (χ4v) is 4.00. The van der Waals surface area contributed by atoms with Crippen molar-refractivity contribution in [1.82, 2.24) is 15.5 Å². The van der Waals surface area contributed by atoms with E-state index in [1.807, 2.05) is 38.1 Å². The molecule has 2 aromatic rings. The van der Waals surface area contributed by atoms with E-state index in [4.69, 9.17) is 0 Å². The lowest BCUT2D eigenvalue weighted by molar-refractivity contribution is -0.127. The maximum absolute atomic E-state index is 12.8. The zero-order valence-electron chi connectivity index (χ0n) is 17.2. The number of carbonyl (C=O) groups excluding carboxylic acids is 2. The summed E-state index contributed by atoms with van der Waals surface area (Å²) in [5.41, 5.74) is 0.927. The van der Waals surface area contributed by atoms with Gasteiger partial charge in [0.25, 0.3) is 0 Å². The molecule has 1 aromatic heterocycles. The maximum atomic E-state index is 12.8. The summed E-state index contributed by atoms with van der Waals surface area (Å²) in [6.07, 6.45) is 5.37. The Labute approximate surface area is 185 Å². The van der Waals surface area contributed by atoms with Crippen LogP contribution in [0, 0.1) is 5.92 Å². The summed E-state index contributed by atoms with van der Waals surface area (Å²) in [4.78, 5) is 25.1. The van der Waals surface area contributed by atoms with E-state index in [2.05, 4.69) is 43.7 Å². The molecule has 8 heteroatoms. The molecule has 2 atom stereocenters. The summed E-state index contributed by atoms with van der Waals surface area (Å²) in [5, 5.41) is 15.1. The number of unbranched alkanes of at least 4 members (excludes halogenated alkanes) is 3. The van der Waals surface area contributed by atoms with Crippen molar-refractivity contribution < 1.29 is 9.59 Å². The second-order valence-corrected chi connectivity index (χ2v) is 9.05. The van der Waals surface area contributed by atoms with Crippen molar-refractivity contribution >= 4 is 44.2 Å². The van der Waals surface area contributed by atoms with Gasteiger partial charge in [-0.05, 0) is 24.5 Å². The summed E-state index contributed by atoms with van der Waals surface area (Å²) in [7, 11) is 0. The number of hydrogen-bond acceptors (Lipinski definition) is 5. The Hall–Kier alpha value is -1.80. The standard InChI is InChI=1S/C21H29BrN4O2S/c1-4-6-7-8-12-17(27)23-18(14(3)5-2)19(28)24-21-26-25-20(29-21)15-10-9-11-16(22)13-15/h9-11,13-14,18H,4-8,12H2,1-3H3,(H,23,27)(H,24,26,28)/t14-,18+/m0/s1. The zero-order valence-corrected chi connectivity index (χ0v) is 19.6. The van der Waals surface area contributed by atoms with Crippen LogP contribution in [0.4, 0.5) is 5.13 Å². The topological polar surface area (TPSA) is 84.0 Å². The first kappa shape index (κ1) is 23.5. The minimum atomic E-state index is -0.586. The second-order valence-electron chi connectivity index (χ2n) is 7.15. The lowest BCUT2D eigenvalue weighted by Gasteiger charge is -2.23. The number of amides is 2. The van der Waals surface area contributed by atoms with Gasteiger partial charge >= 0.3 is 0 Å². The summed E-state index contributed by atoms with van der Waals surface area (Å²) in [6, 6.07) is 7.17. The molecule has 1 heterocycles. The zero-order chi connectivity index (χ0) is 21.2. The number of anilines is 1. The summed E-state index contributed by atoms with van der Waals surface area (Å²) in [6.45, 7) is 6.11. The predicted molar refractivity (Wildman–Crippen MR) is 122 cm³/mol. The van der Waals surface area contributed by atoms with Crippen LogP contribution in [0.2, 0.25) is 0 Å². The molecule has 6 nitrogen and oxygen atoms in total. The van der Waals surface area contributed by atoms with Gasteiger partial charge in [-0.25, -0.2) is 0 Å². The van der Waals surface area contributed by atoms with E-state index in [1.54, 1.807) is 0 Å². The van der Waals surface area contributed by atoms with Crippen LogP contribution in [0.5, 0.6) is 0 Å². The SMILES string of the molecule is CCCCCCC(=O)N[C@@H](C(=O)Nc1nnc(-c2cccc(Br)c2)s1)[C@@H](C)CC. The maximum Gasteiger partial charge on any atom is 0.249 e. The number of carbonyl (C=O) groups is 2. The van der Waals surface area contributed by atoms with Crippen LogP contribution >= 0.6 is 27.3 Å². The van der Waals surface area contributed by atoms with Crippen LogP contribution in [0.15, 0.2) is 28.7 Å². The van der Waals surface area contributed by atoms with Gasteiger partial charge in [-0.3, -0.25) is 14.9 Å². The Morgan fingerprint density at radius 1 is 1.17 bits per heavy atom. The smallest absolute Gasteiger partial charge is 0.249 e. The van der Waals surface area contributed by atoms with Crippen molar-refractivity contribution in [3.63, 3.8) is 0 Å². The highest BCUT2D eigenvalue weighted by Gasteiger charge is 2.26. The first-order chi connectivity index (χ1) is 13.9. The lowest BCUT2D eigenvalue weighted by atomic mass is 9.98. The molecule has 0 spiro atoms. The number of rotatable bonds is 11. The van der Waals surface area contributed by atoms with Gasteiger partial charge in [-0.2, -0.15) is 0 Å². The molecule has 158 valence electrons. The van der Waals surface area contributed by atoms with Crippen molar-refractivity contribution in [1.29, 1.82) is 0 Å². The molecule has 0 aliphatic carbocycles. The highest BCUT2D eigenvalue weighted by atomic mass is 79.9. The summed E-state index contributed by atoms with van der Waals surface area (Å²) < 4.78 is 0.953. The highest BCUT2D eigenvalue weighted by Crippen LogP contribution is 2.28. The molecule has 2 N–H and O–H groups in total. The molecular weight excluding hydrogens is 452 g/mol. The van der Waals surface area contributed by atoms with E-state index >= 15 is 0 Å². The third kappa shape index (κ3) is 7.51. The minimum Gasteiger partial charge on any atom is -0.344 e. The van der Waals surface area contributed by atoms with E-state index < -0.39 is 6.04 Å². The fraction of sp³-hybridized carbons (Fsp3) is 0.524. The molecule has 0 saturated carbocycles. The largest absolute Gasteiger partial charge is 0.344 e. The molecule has 1 aromatic carbocycles. The first-order valence-corrected chi connectivity index (χ1v) is 11.7. The molecular formula is C21H29BrN4O2S. The number of halogens is 1. The van der Waals surface area contributed by atoms with Crippen LogP contribution in [0.3, 0.4) is 0 Å². The molecule has 0 saturated heterocycles. The molecule has 2 amide bonds. The van der Waals surface area contributed by atoms with Gasteiger partial charge in [0.2, 0.25) is 16.9 Å². The fourth-order valence-electron chi connectivity index (χ4n) is 2.85. The van der Waals surface area contributed by atoms with Gasteiger partial charge in [0, 0.05) is 16.5 Å². The monoisotopic (exact) mass is 480 g/mol. The third-order valence-corrected chi connectivity index (χ3v) is 6.18.